The maximum Gasteiger partial charge on any atom is 1.00 e. The molecule has 0 spiro atoms. The predicted molar refractivity (Wildman–Crippen MR) is 158 cm³/mol. The SMILES string of the molecule is CC#CC#CC#CC#CC#CC#CC(=O)OC[C@@H](COP(=O)([O-])[O-])OC(=O)CCCCCCCCC.N.[HH].[HH].[HH].[HH].[HH].[HH].[HH].[HH].[HH].[HH].[HH].[Na+].[Na+]. The first-order valence-corrected chi connectivity index (χ1v) is 12.7. The molecule has 0 aliphatic rings. The predicted octanol–water partition coefficient (Wildman–Crippen LogP) is -1.66. The van der Waals surface area contributed by atoms with Gasteiger partial charge >= 0.3 is 71.1 Å². The molecule has 0 aromatic rings. The van der Waals surface area contributed by atoms with Crippen LogP contribution in [0.5, 0.6) is 0 Å². The Morgan fingerprint density at radius 1 is 0.795 bits per heavy atom. The van der Waals surface area contributed by atoms with Crippen molar-refractivity contribution in [2.75, 3.05) is 13.2 Å². The summed E-state index contributed by atoms with van der Waals surface area (Å²) >= 11 is 0. The van der Waals surface area contributed by atoms with Crippen molar-refractivity contribution in [1.29, 1.82) is 0 Å². The van der Waals surface area contributed by atoms with Gasteiger partial charge in [0, 0.05) is 28.0 Å². The molecule has 0 aromatic carbocycles. The largest absolute Gasteiger partial charge is 1.00 e. The normalized spacial score (nSPS) is 9.03. The van der Waals surface area contributed by atoms with E-state index in [2.05, 4.69) is 82.5 Å². The number of rotatable bonds is 14. The zero-order valence-electron chi connectivity index (χ0n) is 23.1. The van der Waals surface area contributed by atoms with Crippen molar-refractivity contribution >= 4 is 19.8 Å². The van der Waals surface area contributed by atoms with Crippen LogP contribution in [0, 0.1) is 71.0 Å². The van der Waals surface area contributed by atoms with E-state index in [0.29, 0.717) is 6.42 Å². The van der Waals surface area contributed by atoms with E-state index in [-0.39, 0.29) is 87.4 Å². The molecule has 0 fully saturated rings. The third-order valence-electron chi connectivity index (χ3n) is 3.95. The molecule has 0 bridgehead atoms. The molecule has 0 rings (SSSR count). The number of phosphoric ester groups is 1. The summed E-state index contributed by atoms with van der Waals surface area (Å²) in [6.07, 6.45) is 5.83. The molecule has 9 nitrogen and oxygen atoms in total. The quantitative estimate of drug-likeness (QED) is 0.0619. The molecule has 39 heavy (non-hydrogen) atoms. The first-order valence-electron chi connectivity index (χ1n) is 11.2. The number of hydrogen-bond donors (Lipinski definition) is 1. The van der Waals surface area contributed by atoms with Crippen molar-refractivity contribution in [1.82, 2.24) is 6.15 Å². The van der Waals surface area contributed by atoms with Gasteiger partial charge in [-0.2, -0.15) is 0 Å². The topological polar surface area (TPSA) is 160 Å². The van der Waals surface area contributed by atoms with Gasteiger partial charge in [-0.05, 0) is 72.5 Å². The van der Waals surface area contributed by atoms with Crippen LogP contribution in [0.25, 0.3) is 0 Å². The summed E-state index contributed by atoms with van der Waals surface area (Å²) in [5.41, 5.74) is 0. The molecular formula is C27H52NNa2O8P. The smallest absolute Gasteiger partial charge is 0.790 e. The van der Waals surface area contributed by atoms with Gasteiger partial charge in [0.1, 0.15) is 6.61 Å². The maximum absolute atomic E-state index is 12.0. The minimum atomic E-state index is -5.30. The van der Waals surface area contributed by atoms with E-state index in [0.717, 1.165) is 32.1 Å². The van der Waals surface area contributed by atoms with Crippen LogP contribution in [-0.2, 0) is 28.2 Å². The first kappa shape index (κ1) is 44.4. The van der Waals surface area contributed by atoms with Gasteiger partial charge in [0.05, 0.1) is 14.4 Å². The Balaban J connectivity index is -0.0000000673. The Morgan fingerprint density at radius 3 is 1.79 bits per heavy atom. The number of carbonyl (C=O) groups excluding carboxylic acids is 2. The first-order chi connectivity index (χ1) is 17.3. The van der Waals surface area contributed by atoms with Gasteiger partial charge in [-0.3, -0.25) is 4.79 Å². The molecule has 0 saturated carbocycles. The van der Waals surface area contributed by atoms with Crippen LogP contribution in [0.1, 0.15) is 80.9 Å². The summed E-state index contributed by atoms with van der Waals surface area (Å²) in [5, 5.41) is 0. The molecule has 0 saturated heterocycles. The van der Waals surface area contributed by atoms with Crippen LogP contribution in [0.3, 0.4) is 0 Å². The number of ether oxygens (including phenoxy) is 2. The maximum atomic E-state index is 12.0. The van der Waals surface area contributed by atoms with Crippen molar-refractivity contribution in [3.8, 4) is 71.0 Å². The van der Waals surface area contributed by atoms with E-state index < -0.39 is 39.1 Å². The second-order valence-corrected chi connectivity index (χ2v) is 8.10. The molecule has 0 aliphatic heterocycles. The van der Waals surface area contributed by atoms with Gasteiger partial charge in [-0.25, -0.2) is 4.79 Å². The molecule has 0 unspecified atom stereocenters. The third-order valence-corrected chi connectivity index (χ3v) is 4.42. The van der Waals surface area contributed by atoms with Gasteiger partial charge in [0.15, 0.2) is 6.10 Å². The van der Waals surface area contributed by atoms with Crippen molar-refractivity contribution in [3.05, 3.63) is 0 Å². The molecule has 0 aromatic heterocycles. The fourth-order valence-corrected chi connectivity index (χ4v) is 2.71. The van der Waals surface area contributed by atoms with Gasteiger partial charge in [0.2, 0.25) is 0 Å². The molecule has 220 valence electrons. The summed E-state index contributed by atoms with van der Waals surface area (Å²) in [5.74, 6) is 27.0. The fraction of sp³-hybridized carbons (Fsp3) is 0.481. The molecule has 0 amide bonds. The Hall–Kier alpha value is -1.63. The van der Waals surface area contributed by atoms with Gasteiger partial charge in [0.25, 0.3) is 0 Å². The average Bonchev–Trinajstić information content (AvgIpc) is 2.83. The van der Waals surface area contributed by atoms with Crippen molar-refractivity contribution in [3.63, 3.8) is 0 Å². The molecule has 3 N–H and O–H groups in total. The molecule has 0 aliphatic carbocycles. The number of hydrogen-bond acceptors (Lipinski definition) is 9. The van der Waals surface area contributed by atoms with Crippen LogP contribution in [0.2, 0.25) is 0 Å². The second-order valence-electron chi connectivity index (χ2n) is 6.95. The van der Waals surface area contributed by atoms with E-state index in [1.165, 1.54) is 6.42 Å². The van der Waals surface area contributed by atoms with Crippen LogP contribution in [0.15, 0.2) is 0 Å². The Morgan fingerprint density at radius 2 is 1.28 bits per heavy atom. The van der Waals surface area contributed by atoms with E-state index in [9.17, 15) is 23.9 Å². The van der Waals surface area contributed by atoms with Crippen molar-refractivity contribution < 1.29 is 113 Å². The van der Waals surface area contributed by atoms with Gasteiger partial charge < -0.3 is 34.5 Å². The Bertz CT molecular complexity index is 1180. The number of esters is 2. The minimum Gasteiger partial charge on any atom is -0.790 e. The zero-order valence-corrected chi connectivity index (χ0v) is 28.0. The summed E-state index contributed by atoms with van der Waals surface area (Å²) in [4.78, 5) is 45.2. The average molecular weight is 596 g/mol. The third kappa shape index (κ3) is 34.3. The summed E-state index contributed by atoms with van der Waals surface area (Å²) < 4.78 is 24.8. The van der Waals surface area contributed by atoms with Gasteiger partial charge in [-0.1, -0.05) is 51.4 Å². The van der Waals surface area contributed by atoms with Crippen molar-refractivity contribution in [2.24, 2.45) is 0 Å². The van der Waals surface area contributed by atoms with Crippen LogP contribution >= 0.6 is 7.82 Å². The second kappa shape index (κ2) is 30.9. The molecule has 0 radical (unpaired) electrons. The summed E-state index contributed by atoms with van der Waals surface area (Å²) in [6, 6.07) is 0. The Labute approximate surface area is 292 Å². The monoisotopic (exact) mass is 595 g/mol. The number of carbonyl (C=O) groups is 2. The molecule has 1 atom stereocenters. The van der Waals surface area contributed by atoms with Gasteiger partial charge in [-0.15, -0.1) is 0 Å². The van der Waals surface area contributed by atoms with E-state index in [1.54, 1.807) is 6.92 Å². The number of unbranched alkanes of at least 4 members (excludes halogenated alkanes) is 6. The minimum absolute atomic E-state index is 0. The molecule has 12 heteroatoms. The fourth-order valence-electron chi connectivity index (χ4n) is 2.36. The standard InChI is InChI=1S/C27H29O8P.H3N.2Na.11H2/c1-3-5-7-9-11-12-13-14-16-17-19-21-26(28)33-23-25(24-34-36(30,31)32)35-27(29)22-20-18-15-10-8-6-4-2;;;;;;;;;;;;;;/h25H,4,6,8,10,15,18,20,22-24H2,1-2H3,(H2,30,31,32);1H3;;;11*1H/q;;2*+1;;;;;;;;;;;/p-2/t25-;;;;;;;;;;;;;;/m0............../s1. The van der Waals surface area contributed by atoms with E-state index in [1.807, 2.05) is 0 Å². The molecular weight excluding hydrogens is 543 g/mol. The van der Waals surface area contributed by atoms with E-state index in [4.69, 9.17) is 9.47 Å². The van der Waals surface area contributed by atoms with Crippen molar-refractivity contribution in [2.45, 2.75) is 71.3 Å². The number of phosphoric acid groups is 1. The molecule has 0 heterocycles. The Kier molecular flexibility index (Phi) is 35.2. The van der Waals surface area contributed by atoms with E-state index >= 15 is 0 Å². The van der Waals surface area contributed by atoms with Crippen LogP contribution in [-0.4, -0.2) is 31.3 Å². The van der Waals surface area contributed by atoms with Crippen LogP contribution < -0.4 is 75.1 Å². The zero-order chi connectivity index (χ0) is 26.9. The summed E-state index contributed by atoms with van der Waals surface area (Å²) in [7, 11) is -5.30. The van der Waals surface area contributed by atoms with Crippen LogP contribution in [0.4, 0.5) is 0 Å². The summed E-state index contributed by atoms with van der Waals surface area (Å²) in [6.45, 7) is 2.45.